The maximum atomic E-state index is 12.7. The van der Waals surface area contributed by atoms with Gasteiger partial charge in [0.1, 0.15) is 5.69 Å². The number of nitrogens with zero attached hydrogens (tertiary/aromatic N) is 2. The molecule has 2 aromatic carbocycles. The molecule has 4 rings (SSSR count). The second-order valence-electron chi connectivity index (χ2n) is 6.24. The van der Waals surface area contributed by atoms with Crippen molar-refractivity contribution in [1.82, 2.24) is 19.9 Å². The third-order valence-electron chi connectivity index (χ3n) is 4.21. The average Bonchev–Trinajstić information content (AvgIpc) is 3.31. The minimum atomic E-state index is -0.552. The van der Waals surface area contributed by atoms with Crippen LogP contribution in [0.2, 0.25) is 5.02 Å². The van der Waals surface area contributed by atoms with E-state index >= 15 is 0 Å². The summed E-state index contributed by atoms with van der Waals surface area (Å²) in [6, 6.07) is 10.7. The fourth-order valence-corrected chi connectivity index (χ4v) is 3.29. The van der Waals surface area contributed by atoms with Crippen LogP contribution in [0, 0.1) is 6.92 Å². The molecule has 29 heavy (non-hydrogen) atoms. The third-order valence-corrected chi connectivity index (χ3v) is 4.93. The summed E-state index contributed by atoms with van der Waals surface area (Å²) in [7, 11) is 0. The third kappa shape index (κ3) is 4.01. The van der Waals surface area contributed by atoms with E-state index in [0.29, 0.717) is 21.7 Å². The first-order chi connectivity index (χ1) is 13.9. The van der Waals surface area contributed by atoms with Crippen molar-refractivity contribution in [2.75, 3.05) is 10.6 Å². The molecule has 0 bridgehead atoms. The molecule has 0 unspecified atom stereocenters. The molecule has 0 saturated carbocycles. The number of carbonyl (C=O) groups excluding carboxylic acids is 2. The highest BCUT2D eigenvalue weighted by molar-refractivity contribution is 9.10. The van der Waals surface area contributed by atoms with E-state index in [-0.39, 0.29) is 17.3 Å². The molecule has 0 saturated heterocycles. The summed E-state index contributed by atoms with van der Waals surface area (Å²) in [6.07, 6.45) is 1.29. The Kier molecular flexibility index (Phi) is 5.08. The molecule has 146 valence electrons. The number of aromatic amines is 2. The summed E-state index contributed by atoms with van der Waals surface area (Å²) in [5.41, 5.74) is 2.82. The largest absolute Gasteiger partial charge is 0.340 e. The van der Waals surface area contributed by atoms with Gasteiger partial charge in [0, 0.05) is 15.2 Å². The number of imidazole rings is 2. The molecule has 0 atom stereocenters. The molecule has 4 aromatic rings. The van der Waals surface area contributed by atoms with Crippen molar-refractivity contribution in [3.8, 4) is 0 Å². The lowest BCUT2D eigenvalue weighted by Gasteiger charge is -2.08. The zero-order valence-corrected chi connectivity index (χ0v) is 17.4. The van der Waals surface area contributed by atoms with Gasteiger partial charge >= 0.3 is 0 Å². The molecular weight excluding hydrogens is 460 g/mol. The first kappa shape index (κ1) is 19.2. The number of hydrogen-bond donors (Lipinski definition) is 4. The number of fused-ring (bicyclic) bond motifs is 1. The van der Waals surface area contributed by atoms with Gasteiger partial charge in [-0.25, -0.2) is 9.97 Å². The quantitative estimate of drug-likeness (QED) is 0.349. The minimum Gasteiger partial charge on any atom is -0.340 e. The van der Waals surface area contributed by atoms with Gasteiger partial charge < -0.3 is 15.3 Å². The second-order valence-corrected chi connectivity index (χ2v) is 7.59. The topological polar surface area (TPSA) is 116 Å². The first-order valence-corrected chi connectivity index (χ1v) is 9.65. The van der Waals surface area contributed by atoms with E-state index in [1.165, 1.54) is 6.33 Å². The van der Waals surface area contributed by atoms with Crippen LogP contribution in [-0.4, -0.2) is 31.8 Å². The Morgan fingerprint density at radius 2 is 1.93 bits per heavy atom. The highest BCUT2D eigenvalue weighted by Gasteiger charge is 2.22. The molecule has 8 nitrogen and oxygen atoms in total. The number of benzene rings is 2. The highest BCUT2D eigenvalue weighted by Crippen LogP contribution is 2.22. The molecule has 0 aliphatic carbocycles. The van der Waals surface area contributed by atoms with Crippen molar-refractivity contribution in [1.29, 1.82) is 0 Å². The molecule has 2 amide bonds. The summed E-state index contributed by atoms with van der Waals surface area (Å²) in [6.45, 7) is 1.87. The van der Waals surface area contributed by atoms with Crippen LogP contribution in [0.5, 0.6) is 0 Å². The van der Waals surface area contributed by atoms with E-state index in [0.717, 1.165) is 10.0 Å². The normalized spacial score (nSPS) is 10.9. The number of anilines is 2. The smallest absolute Gasteiger partial charge is 0.276 e. The Balaban J connectivity index is 1.55. The van der Waals surface area contributed by atoms with Crippen LogP contribution in [0.1, 0.15) is 26.5 Å². The van der Waals surface area contributed by atoms with E-state index < -0.39 is 11.8 Å². The number of aryl methyl sites for hydroxylation is 1. The van der Waals surface area contributed by atoms with Gasteiger partial charge in [-0.05, 0) is 42.8 Å². The molecule has 0 aliphatic heterocycles. The SMILES string of the molecule is Cc1ccc(Br)cc1NC(=O)c1nc[nH]c1C(=O)Nc1nc2ccc(Cl)cc2[nH]1. The van der Waals surface area contributed by atoms with Gasteiger partial charge in [0.05, 0.1) is 17.4 Å². The van der Waals surface area contributed by atoms with Crippen LogP contribution < -0.4 is 10.6 Å². The molecule has 0 aliphatic rings. The van der Waals surface area contributed by atoms with Crippen LogP contribution in [0.15, 0.2) is 47.2 Å². The van der Waals surface area contributed by atoms with Crippen LogP contribution in [0.4, 0.5) is 11.6 Å². The van der Waals surface area contributed by atoms with E-state index in [1.54, 1.807) is 24.3 Å². The van der Waals surface area contributed by atoms with Crippen molar-refractivity contribution in [3.05, 3.63) is 69.2 Å². The van der Waals surface area contributed by atoms with E-state index in [4.69, 9.17) is 11.6 Å². The Labute approximate surface area is 178 Å². The van der Waals surface area contributed by atoms with Crippen molar-refractivity contribution in [2.45, 2.75) is 6.92 Å². The average molecular weight is 474 g/mol. The Bertz CT molecular complexity index is 1250. The van der Waals surface area contributed by atoms with E-state index in [1.807, 2.05) is 19.1 Å². The second kappa shape index (κ2) is 7.69. The van der Waals surface area contributed by atoms with Crippen LogP contribution in [-0.2, 0) is 0 Å². The lowest BCUT2D eigenvalue weighted by Crippen LogP contribution is -2.21. The first-order valence-electron chi connectivity index (χ1n) is 8.48. The van der Waals surface area contributed by atoms with Crippen LogP contribution >= 0.6 is 27.5 Å². The number of rotatable bonds is 4. The number of H-pyrrole nitrogens is 2. The number of carbonyl (C=O) groups is 2. The lowest BCUT2D eigenvalue weighted by molar-refractivity contribution is 0.0985. The fraction of sp³-hybridized carbons (Fsp3) is 0.0526. The van der Waals surface area contributed by atoms with Gasteiger partial charge in [0.25, 0.3) is 11.8 Å². The molecule has 10 heteroatoms. The number of nitrogens with one attached hydrogen (secondary N) is 4. The predicted molar refractivity (Wildman–Crippen MR) is 114 cm³/mol. The molecule has 0 spiro atoms. The molecule has 0 radical (unpaired) electrons. The summed E-state index contributed by atoms with van der Waals surface area (Å²) in [5.74, 6) is -0.825. The van der Waals surface area contributed by atoms with Crippen molar-refractivity contribution in [2.24, 2.45) is 0 Å². The molecule has 2 heterocycles. The zero-order chi connectivity index (χ0) is 20.5. The van der Waals surface area contributed by atoms with Gasteiger partial charge in [-0.1, -0.05) is 33.6 Å². The van der Waals surface area contributed by atoms with Crippen LogP contribution in [0.25, 0.3) is 11.0 Å². The van der Waals surface area contributed by atoms with E-state index in [2.05, 4.69) is 46.5 Å². The molecule has 4 N–H and O–H groups in total. The predicted octanol–water partition coefficient (Wildman–Crippen LogP) is 4.51. The van der Waals surface area contributed by atoms with Gasteiger partial charge in [0.2, 0.25) is 5.95 Å². The van der Waals surface area contributed by atoms with Gasteiger partial charge in [-0.3, -0.25) is 14.9 Å². The van der Waals surface area contributed by atoms with E-state index in [9.17, 15) is 9.59 Å². The maximum absolute atomic E-state index is 12.7. The summed E-state index contributed by atoms with van der Waals surface area (Å²) in [5, 5.41) is 5.95. The number of halogens is 2. The minimum absolute atomic E-state index is 0.0219. The van der Waals surface area contributed by atoms with Crippen molar-refractivity contribution < 1.29 is 9.59 Å². The van der Waals surface area contributed by atoms with Crippen molar-refractivity contribution in [3.63, 3.8) is 0 Å². The summed E-state index contributed by atoms with van der Waals surface area (Å²) in [4.78, 5) is 39.3. The van der Waals surface area contributed by atoms with Crippen LogP contribution in [0.3, 0.4) is 0 Å². The Morgan fingerprint density at radius 1 is 1.10 bits per heavy atom. The number of amides is 2. The lowest BCUT2D eigenvalue weighted by atomic mass is 10.2. The number of hydrogen-bond acceptors (Lipinski definition) is 4. The van der Waals surface area contributed by atoms with Gasteiger partial charge in [0.15, 0.2) is 5.69 Å². The van der Waals surface area contributed by atoms with Crippen molar-refractivity contribution >= 4 is 62.0 Å². The maximum Gasteiger partial charge on any atom is 0.276 e. The summed E-state index contributed by atoms with van der Waals surface area (Å²) < 4.78 is 0.823. The zero-order valence-electron chi connectivity index (χ0n) is 15.0. The number of aromatic nitrogens is 4. The van der Waals surface area contributed by atoms with Gasteiger partial charge in [-0.15, -0.1) is 0 Å². The standard InChI is InChI=1S/C19H14BrClN6O2/c1-9-2-3-10(20)6-13(9)24-17(28)15-16(23-8-22-15)18(29)27-19-25-12-5-4-11(21)7-14(12)26-19/h2-8H,1H3,(H,22,23)(H,24,28)(H2,25,26,27,29). The highest BCUT2D eigenvalue weighted by atomic mass is 79.9. The Morgan fingerprint density at radius 3 is 2.76 bits per heavy atom. The molecule has 0 fully saturated rings. The molecular formula is C19H14BrClN6O2. The summed E-state index contributed by atoms with van der Waals surface area (Å²) >= 11 is 9.33. The van der Waals surface area contributed by atoms with Gasteiger partial charge in [-0.2, -0.15) is 0 Å². The monoisotopic (exact) mass is 472 g/mol. The fourth-order valence-electron chi connectivity index (χ4n) is 2.76. The molecule has 2 aromatic heterocycles. The Hall–Kier alpha value is -3.17.